The fourth-order valence-electron chi connectivity index (χ4n) is 3.08. The van der Waals surface area contributed by atoms with Crippen LogP contribution in [-0.4, -0.2) is 28.4 Å². The SMILES string of the molecule is COC(=O)CCc1cn(CC(C(=O)c2ccc(Cl)cc2Cl)c2ccccc2)cn1. The molecule has 0 saturated carbocycles. The Morgan fingerprint density at radius 3 is 2.59 bits per heavy atom. The van der Waals surface area contributed by atoms with Crippen molar-refractivity contribution in [2.24, 2.45) is 0 Å². The fourth-order valence-corrected chi connectivity index (χ4v) is 3.58. The highest BCUT2D eigenvalue weighted by Crippen LogP contribution is 2.29. The molecule has 150 valence electrons. The van der Waals surface area contributed by atoms with E-state index in [1.807, 2.05) is 41.1 Å². The first-order valence-electron chi connectivity index (χ1n) is 9.09. The van der Waals surface area contributed by atoms with Crippen LogP contribution in [0.15, 0.2) is 61.1 Å². The highest BCUT2D eigenvalue weighted by Gasteiger charge is 2.24. The summed E-state index contributed by atoms with van der Waals surface area (Å²) in [6.07, 6.45) is 4.25. The van der Waals surface area contributed by atoms with E-state index in [0.29, 0.717) is 28.6 Å². The first-order chi connectivity index (χ1) is 14.0. The summed E-state index contributed by atoms with van der Waals surface area (Å²) in [6.45, 7) is 0.396. The van der Waals surface area contributed by atoms with Gasteiger partial charge in [-0.1, -0.05) is 53.5 Å². The molecule has 0 fully saturated rings. The number of benzene rings is 2. The van der Waals surface area contributed by atoms with Crippen LogP contribution >= 0.6 is 23.2 Å². The zero-order valence-electron chi connectivity index (χ0n) is 15.8. The van der Waals surface area contributed by atoms with Gasteiger partial charge in [0.2, 0.25) is 0 Å². The van der Waals surface area contributed by atoms with Crippen LogP contribution in [-0.2, 0) is 22.5 Å². The molecule has 0 spiro atoms. The summed E-state index contributed by atoms with van der Waals surface area (Å²) < 4.78 is 6.51. The van der Waals surface area contributed by atoms with Gasteiger partial charge in [-0.15, -0.1) is 0 Å². The summed E-state index contributed by atoms with van der Waals surface area (Å²) in [7, 11) is 1.36. The van der Waals surface area contributed by atoms with E-state index in [1.165, 1.54) is 7.11 Å². The molecular formula is C22H20Cl2N2O3. The lowest BCUT2D eigenvalue weighted by molar-refractivity contribution is -0.140. The molecule has 1 aromatic heterocycles. The van der Waals surface area contributed by atoms with E-state index in [1.54, 1.807) is 24.5 Å². The Hall–Kier alpha value is -2.63. The number of halogens is 2. The van der Waals surface area contributed by atoms with Crippen LogP contribution < -0.4 is 0 Å². The third-order valence-corrected chi connectivity index (χ3v) is 5.16. The molecule has 0 aliphatic heterocycles. The van der Waals surface area contributed by atoms with Gasteiger partial charge < -0.3 is 9.30 Å². The first-order valence-corrected chi connectivity index (χ1v) is 9.85. The number of imidazole rings is 1. The van der Waals surface area contributed by atoms with Crippen LogP contribution in [0.5, 0.6) is 0 Å². The maximum atomic E-state index is 13.3. The molecule has 0 radical (unpaired) electrons. The van der Waals surface area contributed by atoms with Crippen LogP contribution in [0.2, 0.25) is 10.0 Å². The van der Waals surface area contributed by atoms with E-state index in [2.05, 4.69) is 9.72 Å². The van der Waals surface area contributed by atoms with Crippen molar-refractivity contribution < 1.29 is 14.3 Å². The van der Waals surface area contributed by atoms with Crippen LogP contribution in [0.1, 0.15) is 34.0 Å². The summed E-state index contributed by atoms with van der Waals surface area (Å²) in [5.74, 6) is -0.825. The molecule has 1 unspecified atom stereocenters. The number of ether oxygens (including phenoxy) is 1. The van der Waals surface area contributed by atoms with Gasteiger partial charge in [0.1, 0.15) is 0 Å². The minimum atomic E-state index is -0.447. The number of hydrogen-bond acceptors (Lipinski definition) is 4. The number of aryl methyl sites for hydroxylation is 1. The third kappa shape index (κ3) is 5.46. The number of methoxy groups -OCH3 is 1. The summed E-state index contributed by atoms with van der Waals surface area (Å²) in [5, 5.41) is 0.806. The Balaban J connectivity index is 1.84. The Morgan fingerprint density at radius 2 is 1.90 bits per heavy atom. The molecule has 1 heterocycles. The summed E-state index contributed by atoms with van der Waals surface area (Å²) in [4.78, 5) is 29.0. The molecule has 0 bridgehead atoms. The molecular weight excluding hydrogens is 411 g/mol. The predicted octanol–water partition coefficient (Wildman–Crippen LogP) is 4.96. The maximum absolute atomic E-state index is 13.3. The first kappa shape index (κ1) is 21.1. The van der Waals surface area contributed by atoms with Crippen molar-refractivity contribution in [2.75, 3.05) is 7.11 Å². The Bertz CT molecular complexity index is 1000. The molecule has 0 amide bonds. The van der Waals surface area contributed by atoms with Gasteiger partial charge in [0, 0.05) is 29.7 Å². The molecule has 1 atom stereocenters. The average molecular weight is 431 g/mol. The lowest BCUT2D eigenvalue weighted by Gasteiger charge is -2.18. The molecule has 0 N–H and O–H groups in total. The van der Waals surface area contributed by atoms with Crippen molar-refractivity contribution in [3.05, 3.63) is 87.9 Å². The van der Waals surface area contributed by atoms with Crippen LogP contribution in [0.25, 0.3) is 0 Å². The standard InChI is InChI=1S/C22H20Cl2N2O3/c1-29-21(27)10-8-17-12-26(14-25-17)13-19(15-5-3-2-4-6-15)22(28)18-9-7-16(23)11-20(18)24/h2-7,9,11-12,14,19H,8,10,13H2,1H3. The van der Waals surface area contributed by atoms with E-state index in [-0.39, 0.29) is 18.2 Å². The number of aromatic nitrogens is 2. The van der Waals surface area contributed by atoms with Crippen LogP contribution in [0, 0.1) is 0 Å². The van der Waals surface area contributed by atoms with Crippen molar-refractivity contribution in [2.45, 2.75) is 25.3 Å². The van der Waals surface area contributed by atoms with Gasteiger partial charge in [-0.2, -0.15) is 0 Å². The summed E-state index contributed by atoms with van der Waals surface area (Å²) >= 11 is 12.3. The number of ketones is 1. The Morgan fingerprint density at radius 1 is 1.14 bits per heavy atom. The fraction of sp³-hybridized carbons (Fsp3) is 0.227. The second-order valence-corrected chi connectivity index (χ2v) is 7.43. The smallest absolute Gasteiger partial charge is 0.305 e. The Kier molecular flexibility index (Phi) is 7.07. The average Bonchev–Trinajstić information content (AvgIpc) is 3.18. The van der Waals surface area contributed by atoms with Crippen molar-refractivity contribution in [3.8, 4) is 0 Å². The van der Waals surface area contributed by atoms with Crippen LogP contribution in [0.4, 0.5) is 0 Å². The number of rotatable bonds is 8. The number of hydrogen-bond donors (Lipinski definition) is 0. The van der Waals surface area contributed by atoms with E-state index in [0.717, 1.165) is 11.3 Å². The molecule has 7 heteroatoms. The molecule has 0 aliphatic rings. The molecule has 5 nitrogen and oxygen atoms in total. The highest BCUT2D eigenvalue weighted by atomic mass is 35.5. The van der Waals surface area contributed by atoms with E-state index in [9.17, 15) is 9.59 Å². The predicted molar refractivity (Wildman–Crippen MR) is 113 cm³/mol. The topological polar surface area (TPSA) is 61.2 Å². The maximum Gasteiger partial charge on any atom is 0.305 e. The van der Waals surface area contributed by atoms with E-state index < -0.39 is 5.92 Å². The second kappa shape index (κ2) is 9.72. The van der Waals surface area contributed by atoms with E-state index >= 15 is 0 Å². The van der Waals surface area contributed by atoms with Crippen molar-refractivity contribution in [1.29, 1.82) is 0 Å². The molecule has 0 aliphatic carbocycles. The third-order valence-electron chi connectivity index (χ3n) is 4.61. The second-order valence-electron chi connectivity index (χ2n) is 6.59. The van der Waals surface area contributed by atoms with Gasteiger partial charge in [0.05, 0.1) is 36.5 Å². The quantitative estimate of drug-likeness (QED) is 0.374. The lowest BCUT2D eigenvalue weighted by Crippen LogP contribution is -2.19. The monoisotopic (exact) mass is 430 g/mol. The normalized spacial score (nSPS) is 11.8. The van der Waals surface area contributed by atoms with Gasteiger partial charge in [-0.05, 0) is 23.8 Å². The van der Waals surface area contributed by atoms with Crippen molar-refractivity contribution in [1.82, 2.24) is 9.55 Å². The minimum Gasteiger partial charge on any atom is -0.469 e. The molecule has 29 heavy (non-hydrogen) atoms. The van der Waals surface area contributed by atoms with Crippen molar-refractivity contribution in [3.63, 3.8) is 0 Å². The van der Waals surface area contributed by atoms with Crippen LogP contribution in [0.3, 0.4) is 0 Å². The molecule has 3 rings (SSSR count). The van der Waals surface area contributed by atoms with Gasteiger partial charge in [-0.25, -0.2) is 4.98 Å². The van der Waals surface area contributed by atoms with Gasteiger partial charge in [0.25, 0.3) is 0 Å². The molecule has 0 saturated heterocycles. The number of carbonyl (C=O) groups excluding carboxylic acids is 2. The minimum absolute atomic E-state index is 0.0947. The zero-order chi connectivity index (χ0) is 20.8. The largest absolute Gasteiger partial charge is 0.469 e. The number of carbonyl (C=O) groups is 2. The van der Waals surface area contributed by atoms with Gasteiger partial charge >= 0.3 is 5.97 Å². The Labute approximate surface area is 179 Å². The number of esters is 1. The van der Waals surface area contributed by atoms with Gasteiger partial charge in [-0.3, -0.25) is 9.59 Å². The zero-order valence-corrected chi connectivity index (χ0v) is 17.4. The summed E-state index contributed by atoms with van der Waals surface area (Å²) in [5.41, 5.74) is 2.07. The lowest BCUT2D eigenvalue weighted by atomic mass is 9.90. The van der Waals surface area contributed by atoms with E-state index in [4.69, 9.17) is 23.2 Å². The van der Waals surface area contributed by atoms with Gasteiger partial charge in [0.15, 0.2) is 5.78 Å². The van der Waals surface area contributed by atoms with Crippen molar-refractivity contribution >= 4 is 35.0 Å². The molecule has 3 aromatic rings. The summed E-state index contributed by atoms with van der Waals surface area (Å²) in [6, 6.07) is 14.4. The molecule has 2 aromatic carbocycles. The number of Topliss-reactive ketones (excluding diaryl/α,β-unsaturated/α-hetero) is 1. The highest BCUT2D eigenvalue weighted by molar-refractivity contribution is 6.37. The number of nitrogens with zero attached hydrogens (tertiary/aromatic N) is 2.